The number of methoxy groups -OCH3 is 1. The van der Waals surface area contributed by atoms with Gasteiger partial charge in [-0.3, -0.25) is 9.69 Å². The smallest absolute Gasteiger partial charge is 0.248 e. The van der Waals surface area contributed by atoms with Crippen LogP contribution >= 0.6 is 24.0 Å². The number of hydrogen-bond acceptors (Lipinski definition) is 4. The number of amides is 1. The maximum Gasteiger partial charge on any atom is 0.248 e. The normalized spacial score (nSPS) is 29.1. The Kier molecular flexibility index (Phi) is 3.60. The minimum absolute atomic E-state index is 0.0428. The zero-order chi connectivity index (χ0) is 14.3. The summed E-state index contributed by atoms with van der Waals surface area (Å²) in [5.41, 5.74) is 0.784. The molecule has 3 rings (SSSR count). The summed E-state index contributed by atoms with van der Waals surface area (Å²) >= 11 is 7.09. The number of thioether (sulfide) groups is 1. The molecule has 2 heterocycles. The number of rotatable bonds is 2. The molecular formula is C14H16N2O2S2. The zero-order valence-electron chi connectivity index (χ0n) is 11.3. The SMILES string of the molecule is COc1ccc(N2C(=O)C3SC(C)CC3NC2=S)cc1. The summed E-state index contributed by atoms with van der Waals surface area (Å²) < 4.78 is 5.14. The fourth-order valence-electron chi connectivity index (χ4n) is 2.67. The van der Waals surface area contributed by atoms with E-state index in [1.165, 1.54) is 0 Å². The summed E-state index contributed by atoms with van der Waals surface area (Å²) in [5.74, 6) is 0.845. The van der Waals surface area contributed by atoms with E-state index in [1.807, 2.05) is 24.3 Å². The van der Waals surface area contributed by atoms with Crippen molar-refractivity contribution in [3.8, 4) is 5.75 Å². The van der Waals surface area contributed by atoms with Gasteiger partial charge in [0.25, 0.3) is 0 Å². The molecule has 106 valence electrons. The minimum Gasteiger partial charge on any atom is -0.497 e. The van der Waals surface area contributed by atoms with Gasteiger partial charge in [0.05, 0.1) is 18.8 Å². The van der Waals surface area contributed by atoms with Crippen molar-refractivity contribution in [3.63, 3.8) is 0 Å². The first kappa shape index (κ1) is 13.7. The third kappa shape index (κ3) is 2.27. The zero-order valence-corrected chi connectivity index (χ0v) is 13.0. The summed E-state index contributed by atoms with van der Waals surface area (Å²) in [7, 11) is 1.62. The Balaban J connectivity index is 1.88. The monoisotopic (exact) mass is 308 g/mol. The maximum absolute atomic E-state index is 12.7. The van der Waals surface area contributed by atoms with Crippen molar-refractivity contribution < 1.29 is 9.53 Å². The predicted molar refractivity (Wildman–Crippen MR) is 85.5 cm³/mol. The first-order valence-corrected chi connectivity index (χ1v) is 7.89. The lowest BCUT2D eigenvalue weighted by Crippen LogP contribution is -2.60. The van der Waals surface area contributed by atoms with E-state index in [2.05, 4.69) is 12.2 Å². The van der Waals surface area contributed by atoms with Crippen molar-refractivity contribution in [2.75, 3.05) is 12.0 Å². The quantitative estimate of drug-likeness (QED) is 0.848. The van der Waals surface area contributed by atoms with Crippen LogP contribution in [0.25, 0.3) is 0 Å². The topological polar surface area (TPSA) is 41.6 Å². The predicted octanol–water partition coefficient (Wildman–Crippen LogP) is 2.18. The Morgan fingerprint density at radius 1 is 1.40 bits per heavy atom. The molecule has 0 spiro atoms. The Morgan fingerprint density at radius 2 is 2.10 bits per heavy atom. The number of hydrogen-bond donors (Lipinski definition) is 1. The Labute approximate surface area is 127 Å². The molecule has 1 aromatic carbocycles. The summed E-state index contributed by atoms with van der Waals surface area (Å²) in [6, 6.07) is 7.55. The lowest BCUT2D eigenvalue weighted by Gasteiger charge is -2.35. The van der Waals surface area contributed by atoms with Crippen molar-refractivity contribution in [2.45, 2.75) is 29.9 Å². The van der Waals surface area contributed by atoms with Gasteiger partial charge in [0.1, 0.15) is 11.0 Å². The van der Waals surface area contributed by atoms with Crippen molar-refractivity contribution in [1.82, 2.24) is 5.32 Å². The second kappa shape index (κ2) is 5.26. The second-order valence-corrected chi connectivity index (χ2v) is 7.00. The van der Waals surface area contributed by atoms with Crippen molar-refractivity contribution in [3.05, 3.63) is 24.3 Å². The highest BCUT2D eigenvalue weighted by Crippen LogP contribution is 2.38. The van der Waals surface area contributed by atoms with Gasteiger partial charge in [0, 0.05) is 5.25 Å². The third-order valence-electron chi connectivity index (χ3n) is 3.64. The molecule has 1 aromatic rings. The highest BCUT2D eigenvalue weighted by atomic mass is 32.2. The van der Waals surface area contributed by atoms with Crippen LogP contribution in [-0.4, -0.2) is 34.7 Å². The molecule has 3 unspecified atom stereocenters. The molecule has 0 saturated carbocycles. The molecule has 0 aliphatic carbocycles. The van der Waals surface area contributed by atoms with E-state index >= 15 is 0 Å². The van der Waals surface area contributed by atoms with Crippen LogP contribution in [0.3, 0.4) is 0 Å². The Morgan fingerprint density at radius 3 is 2.75 bits per heavy atom. The van der Waals surface area contributed by atoms with Crippen LogP contribution < -0.4 is 15.0 Å². The second-order valence-electron chi connectivity index (χ2n) is 5.03. The van der Waals surface area contributed by atoms with Gasteiger partial charge in [-0.1, -0.05) is 6.92 Å². The van der Waals surface area contributed by atoms with Crippen LogP contribution in [0.15, 0.2) is 24.3 Å². The van der Waals surface area contributed by atoms with Gasteiger partial charge in [0.15, 0.2) is 5.11 Å². The van der Waals surface area contributed by atoms with E-state index in [0.717, 1.165) is 17.9 Å². The fourth-order valence-corrected chi connectivity index (χ4v) is 4.43. The molecule has 6 heteroatoms. The van der Waals surface area contributed by atoms with E-state index < -0.39 is 0 Å². The van der Waals surface area contributed by atoms with Gasteiger partial charge < -0.3 is 10.1 Å². The number of nitrogens with zero attached hydrogens (tertiary/aromatic N) is 1. The summed E-state index contributed by atoms with van der Waals surface area (Å²) in [6.45, 7) is 2.15. The number of benzene rings is 1. The molecule has 2 fully saturated rings. The van der Waals surface area contributed by atoms with E-state index in [0.29, 0.717) is 10.4 Å². The molecule has 20 heavy (non-hydrogen) atoms. The Bertz CT molecular complexity index is 547. The lowest BCUT2D eigenvalue weighted by atomic mass is 10.1. The van der Waals surface area contributed by atoms with Gasteiger partial charge in [-0.25, -0.2) is 0 Å². The van der Waals surface area contributed by atoms with E-state index in [1.54, 1.807) is 23.8 Å². The number of ether oxygens (including phenoxy) is 1. The molecule has 3 atom stereocenters. The molecule has 4 nitrogen and oxygen atoms in total. The fraction of sp³-hybridized carbons (Fsp3) is 0.429. The number of carbonyl (C=O) groups is 1. The van der Waals surface area contributed by atoms with Gasteiger partial charge in [-0.15, -0.1) is 11.8 Å². The lowest BCUT2D eigenvalue weighted by molar-refractivity contribution is -0.117. The number of thiocarbonyl (C=S) groups is 1. The van der Waals surface area contributed by atoms with E-state index in [9.17, 15) is 4.79 Å². The highest BCUT2D eigenvalue weighted by molar-refractivity contribution is 8.01. The molecule has 2 aliphatic heterocycles. The average Bonchev–Trinajstić information content (AvgIpc) is 2.80. The highest BCUT2D eigenvalue weighted by Gasteiger charge is 2.45. The van der Waals surface area contributed by atoms with Crippen LogP contribution in [0.4, 0.5) is 5.69 Å². The Hall–Kier alpha value is -1.27. The maximum atomic E-state index is 12.7. The number of anilines is 1. The van der Waals surface area contributed by atoms with Gasteiger partial charge in [0.2, 0.25) is 5.91 Å². The minimum atomic E-state index is -0.0428. The van der Waals surface area contributed by atoms with Crippen LogP contribution in [0.1, 0.15) is 13.3 Å². The van der Waals surface area contributed by atoms with E-state index in [4.69, 9.17) is 17.0 Å². The molecule has 1 amide bonds. The van der Waals surface area contributed by atoms with Crippen LogP contribution in [0.5, 0.6) is 5.75 Å². The molecule has 0 bridgehead atoms. The van der Waals surface area contributed by atoms with Gasteiger partial charge in [-0.2, -0.15) is 0 Å². The first-order valence-electron chi connectivity index (χ1n) is 6.54. The average molecular weight is 308 g/mol. The molecule has 0 aromatic heterocycles. The first-order chi connectivity index (χ1) is 9.60. The number of nitrogens with one attached hydrogen (secondary N) is 1. The van der Waals surface area contributed by atoms with Gasteiger partial charge in [-0.05, 0) is 42.9 Å². The summed E-state index contributed by atoms with van der Waals surface area (Å²) in [5, 5.41) is 4.24. The number of carbonyl (C=O) groups excluding carboxylic acids is 1. The van der Waals surface area contributed by atoms with E-state index in [-0.39, 0.29) is 17.2 Å². The molecule has 0 radical (unpaired) electrons. The molecule has 2 aliphatic rings. The largest absolute Gasteiger partial charge is 0.497 e. The molecule has 1 N–H and O–H groups in total. The van der Waals surface area contributed by atoms with Crippen molar-refractivity contribution in [1.29, 1.82) is 0 Å². The van der Waals surface area contributed by atoms with Crippen LogP contribution in [0, 0.1) is 0 Å². The van der Waals surface area contributed by atoms with Crippen LogP contribution in [0.2, 0.25) is 0 Å². The standard InChI is InChI=1S/C14H16N2O2S2/c1-8-7-11-12(20-8)13(17)16(14(19)15-11)9-3-5-10(18-2)6-4-9/h3-6,8,11-12H,7H2,1-2H3,(H,15,19). The molecular weight excluding hydrogens is 292 g/mol. The third-order valence-corrected chi connectivity index (χ3v) is 5.42. The molecule has 2 saturated heterocycles. The van der Waals surface area contributed by atoms with Gasteiger partial charge >= 0.3 is 0 Å². The summed E-state index contributed by atoms with van der Waals surface area (Å²) in [6.07, 6.45) is 0.984. The van der Waals surface area contributed by atoms with Crippen molar-refractivity contribution >= 4 is 40.7 Å². The summed E-state index contributed by atoms with van der Waals surface area (Å²) in [4.78, 5) is 14.3. The van der Waals surface area contributed by atoms with Crippen LogP contribution in [-0.2, 0) is 4.79 Å². The number of fused-ring (bicyclic) bond motifs is 1. The van der Waals surface area contributed by atoms with Crippen molar-refractivity contribution in [2.24, 2.45) is 0 Å².